The van der Waals surface area contributed by atoms with Crippen LogP contribution in [0.4, 0.5) is 5.69 Å². The Kier molecular flexibility index (Phi) is 16.4. The van der Waals surface area contributed by atoms with Crippen LogP contribution in [0, 0.1) is 10.1 Å². The highest BCUT2D eigenvalue weighted by Gasteiger charge is 2.22. The zero-order valence-corrected chi connectivity index (χ0v) is 20.5. The lowest BCUT2D eigenvalue weighted by molar-refractivity contribution is -0.384. The molecule has 34 heavy (non-hydrogen) atoms. The monoisotopic (exact) mass is 474 g/mol. The van der Waals surface area contributed by atoms with Gasteiger partial charge in [0, 0.05) is 18.6 Å². The van der Waals surface area contributed by atoms with E-state index >= 15 is 0 Å². The number of unbranched alkanes of at least 4 members (excludes halogenated alkanes) is 8. The molecule has 3 N–H and O–H groups in total. The molecule has 0 aliphatic heterocycles. The summed E-state index contributed by atoms with van der Waals surface area (Å²) in [6, 6.07) is 4.58. The van der Waals surface area contributed by atoms with Gasteiger partial charge in [-0.25, -0.2) is 0 Å². The van der Waals surface area contributed by atoms with E-state index in [9.17, 15) is 25.1 Å². The van der Waals surface area contributed by atoms with Gasteiger partial charge < -0.3 is 15.5 Å². The van der Waals surface area contributed by atoms with Gasteiger partial charge in [0.05, 0.1) is 17.6 Å². The van der Waals surface area contributed by atoms with E-state index < -0.39 is 23.7 Å². The third-order valence-electron chi connectivity index (χ3n) is 5.72. The van der Waals surface area contributed by atoms with Gasteiger partial charge in [0.2, 0.25) is 5.91 Å². The van der Waals surface area contributed by atoms with E-state index in [0.29, 0.717) is 12.0 Å². The highest BCUT2D eigenvalue weighted by molar-refractivity contribution is 5.76. The van der Waals surface area contributed by atoms with Crippen LogP contribution in [-0.2, 0) is 4.79 Å². The van der Waals surface area contributed by atoms with Crippen LogP contribution in [0.2, 0.25) is 0 Å². The first-order valence-corrected chi connectivity index (χ1v) is 12.6. The highest BCUT2D eigenvalue weighted by Crippen LogP contribution is 2.20. The molecule has 0 bridgehead atoms. The summed E-state index contributed by atoms with van der Waals surface area (Å²) in [6.45, 7) is 1.80. The van der Waals surface area contributed by atoms with Gasteiger partial charge in [0.15, 0.2) is 0 Å². The number of nitrogens with zero attached hydrogens (tertiary/aromatic N) is 1. The molecule has 0 aliphatic rings. The van der Waals surface area contributed by atoms with Crippen LogP contribution in [0.25, 0.3) is 0 Å². The zero-order chi connectivity index (χ0) is 25.0. The van der Waals surface area contributed by atoms with Crippen molar-refractivity contribution in [2.24, 2.45) is 0 Å². The molecule has 2 atom stereocenters. The first-order valence-electron chi connectivity index (χ1n) is 12.6. The lowest BCUT2D eigenvalue weighted by atomic mass is 10.0. The number of carbonyl (C=O) groups is 1. The lowest BCUT2D eigenvalue weighted by Gasteiger charge is -2.22. The van der Waals surface area contributed by atoms with E-state index in [4.69, 9.17) is 0 Å². The SMILES string of the molecule is CCCCC/C=C\C/C=C/CCCCCCCC(=O)N[C@H](CO)[C@@H](O)c1ccc([N+](=O)[O-])cc1. The third-order valence-corrected chi connectivity index (χ3v) is 5.72. The first kappa shape index (κ1) is 29.5. The maximum atomic E-state index is 12.2. The van der Waals surface area contributed by atoms with Crippen LogP contribution in [0.1, 0.15) is 95.6 Å². The number of aliphatic hydroxyl groups is 2. The molecule has 7 heteroatoms. The van der Waals surface area contributed by atoms with Gasteiger partial charge in [-0.1, -0.05) is 63.3 Å². The molecule has 1 rings (SSSR count). The van der Waals surface area contributed by atoms with Crippen molar-refractivity contribution in [1.82, 2.24) is 5.32 Å². The van der Waals surface area contributed by atoms with E-state index in [1.807, 2.05) is 0 Å². The standard InChI is InChI=1S/C27H42N2O5/c1-2-3-4-5-6-7-8-9-10-11-12-13-14-15-16-17-26(31)28-25(22-30)27(32)23-18-20-24(21-19-23)29(33)34/h6-7,9-10,18-21,25,27,30,32H,2-5,8,11-17,22H2,1H3,(H,28,31)/b7-6-,10-9+/t25-,27+/m1/s1. The van der Waals surface area contributed by atoms with Crippen molar-refractivity contribution < 1.29 is 19.9 Å². The number of amides is 1. The second-order valence-electron chi connectivity index (χ2n) is 8.63. The quantitative estimate of drug-likeness (QED) is 0.0997. The van der Waals surface area contributed by atoms with Gasteiger partial charge in [-0.2, -0.15) is 0 Å². The fraction of sp³-hybridized carbons (Fsp3) is 0.593. The Labute approximate surface area is 204 Å². The first-order chi connectivity index (χ1) is 16.5. The van der Waals surface area contributed by atoms with Crippen molar-refractivity contribution in [3.8, 4) is 0 Å². The Balaban J connectivity index is 2.13. The Morgan fingerprint density at radius 2 is 1.56 bits per heavy atom. The summed E-state index contributed by atoms with van der Waals surface area (Å²) in [5, 5.41) is 33.4. The smallest absolute Gasteiger partial charge is 0.269 e. The van der Waals surface area contributed by atoms with Crippen LogP contribution >= 0.6 is 0 Å². The number of hydrogen-bond acceptors (Lipinski definition) is 5. The van der Waals surface area contributed by atoms with Crippen LogP contribution in [0.15, 0.2) is 48.6 Å². The second kappa shape index (κ2) is 18.9. The minimum absolute atomic E-state index is 0.0816. The number of nitro benzene ring substituents is 1. The van der Waals surface area contributed by atoms with Crippen molar-refractivity contribution in [2.75, 3.05) is 6.61 Å². The van der Waals surface area contributed by atoms with Crippen molar-refractivity contribution in [3.63, 3.8) is 0 Å². The van der Waals surface area contributed by atoms with E-state index in [-0.39, 0.29) is 11.6 Å². The lowest BCUT2D eigenvalue weighted by Crippen LogP contribution is -2.41. The van der Waals surface area contributed by atoms with Crippen molar-refractivity contribution in [3.05, 3.63) is 64.2 Å². The third kappa shape index (κ3) is 13.3. The molecule has 7 nitrogen and oxygen atoms in total. The molecule has 1 aromatic carbocycles. The van der Waals surface area contributed by atoms with Crippen molar-refractivity contribution in [1.29, 1.82) is 0 Å². The number of allylic oxidation sites excluding steroid dienone is 4. The molecular formula is C27H42N2O5. The molecule has 0 fully saturated rings. The largest absolute Gasteiger partial charge is 0.394 e. The van der Waals surface area contributed by atoms with E-state index in [1.165, 1.54) is 49.9 Å². The fourth-order valence-electron chi connectivity index (χ4n) is 3.63. The van der Waals surface area contributed by atoms with Crippen LogP contribution < -0.4 is 5.32 Å². The topological polar surface area (TPSA) is 113 Å². The Hall–Kier alpha value is -2.51. The Morgan fingerprint density at radius 3 is 2.15 bits per heavy atom. The number of nitro groups is 1. The summed E-state index contributed by atoms with van der Waals surface area (Å²) in [4.78, 5) is 22.4. The fourth-order valence-corrected chi connectivity index (χ4v) is 3.63. The Morgan fingerprint density at radius 1 is 0.971 bits per heavy atom. The van der Waals surface area contributed by atoms with Gasteiger partial charge in [-0.05, 0) is 56.2 Å². The van der Waals surface area contributed by atoms with E-state index in [1.54, 1.807) is 0 Å². The predicted molar refractivity (Wildman–Crippen MR) is 136 cm³/mol. The molecule has 0 radical (unpaired) electrons. The molecule has 0 aromatic heterocycles. The minimum Gasteiger partial charge on any atom is -0.394 e. The number of benzene rings is 1. The maximum Gasteiger partial charge on any atom is 0.269 e. The van der Waals surface area contributed by atoms with Crippen LogP contribution in [0.5, 0.6) is 0 Å². The molecule has 0 saturated heterocycles. The zero-order valence-electron chi connectivity index (χ0n) is 20.5. The van der Waals surface area contributed by atoms with Gasteiger partial charge in [0.1, 0.15) is 6.10 Å². The molecular weight excluding hydrogens is 432 g/mol. The van der Waals surface area contributed by atoms with Gasteiger partial charge in [-0.3, -0.25) is 14.9 Å². The minimum atomic E-state index is -1.14. The average Bonchev–Trinajstić information content (AvgIpc) is 2.84. The predicted octanol–water partition coefficient (Wildman–Crippen LogP) is 5.92. The van der Waals surface area contributed by atoms with Crippen molar-refractivity contribution >= 4 is 11.6 Å². The van der Waals surface area contributed by atoms with E-state index in [2.05, 4.69) is 36.5 Å². The summed E-state index contributed by atoms with van der Waals surface area (Å²) >= 11 is 0. The molecule has 0 spiro atoms. The number of aliphatic hydroxyl groups excluding tert-OH is 2. The van der Waals surface area contributed by atoms with Crippen LogP contribution in [0.3, 0.4) is 0 Å². The summed E-state index contributed by atoms with van der Waals surface area (Å²) in [7, 11) is 0. The molecule has 190 valence electrons. The maximum absolute atomic E-state index is 12.2. The molecule has 0 heterocycles. The number of nitrogens with one attached hydrogen (secondary N) is 1. The second-order valence-corrected chi connectivity index (χ2v) is 8.63. The molecule has 1 aromatic rings. The van der Waals surface area contributed by atoms with Gasteiger partial charge in [0.25, 0.3) is 5.69 Å². The van der Waals surface area contributed by atoms with Crippen LogP contribution in [-0.4, -0.2) is 33.7 Å². The number of hydrogen-bond donors (Lipinski definition) is 3. The van der Waals surface area contributed by atoms with Gasteiger partial charge >= 0.3 is 0 Å². The number of non-ortho nitro benzene ring substituents is 1. The molecule has 1 amide bonds. The molecule has 0 saturated carbocycles. The molecule has 0 unspecified atom stereocenters. The molecule has 0 aliphatic carbocycles. The number of carbonyl (C=O) groups excluding carboxylic acids is 1. The summed E-state index contributed by atoms with van der Waals surface area (Å²) < 4.78 is 0. The summed E-state index contributed by atoms with van der Waals surface area (Å²) in [5.74, 6) is -0.217. The summed E-state index contributed by atoms with van der Waals surface area (Å²) in [6.07, 6.45) is 20.4. The normalized spacial score (nSPS) is 13.4. The summed E-state index contributed by atoms with van der Waals surface area (Å²) in [5.41, 5.74) is 0.323. The van der Waals surface area contributed by atoms with Crippen molar-refractivity contribution in [2.45, 2.75) is 96.1 Å². The highest BCUT2D eigenvalue weighted by atomic mass is 16.6. The number of rotatable bonds is 19. The average molecular weight is 475 g/mol. The Bertz CT molecular complexity index is 746. The van der Waals surface area contributed by atoms with E-state index in [0.717, 1.165) is 44.9 Å². The van der Waals surface area contributed by atoms with Gasteiger partial charge in [-0.15, -0.1) is 0 Å².